The van der Waals surface area contributed by atoms with Crippen molar-refractivity contribution < 1.29 is 33.4 Å². The van der Waals surface area contributed by atoms with Gasteiger partial charge in [0.25, 0.3) is 0 Å². The maximum Gasteiger partial charge on any atom is 0.224 e. The van der Waals surface area contributed by atoms with Crippen molar-refractivity contribution in [2.24, 2.45) is 23.7 Å². The SMILES string of the molecule is CC(C)C[C@H](NC(=O)[C@H](CCc1ccccc1)CC(=O)CCCN1CCOCC1)C(=O)C[C@@H](Cc1ccccc1)C(=O)N[C@@H](CC(C)C)C(=O)[C@@]1(C)CO1. The minimum atomic E-state index is -0.897. The van der Waals surface area contributed by atoms with Crippen LogP contribution < -0.4 is 10.6 Å². The van der Waals surface area contributed by atoms with Crippen LogP contribution in [0.5, 0.6) is 0 Å². The third-order valence-corrected chi connectivity index (χ3v) is 10.5. The second kappa shape index (κ2) is 21.4. The van der Waals surface area contributed by atoms with Gasteiger partial charge in [-0.05, 0) is 75.0 Å². The summed E-state index contributed by atoms with van der Waals surface area (Å²) < 4.78 is 10.9. The van der Waals surface area contributed by atoms with Crippen molar-refractivity contribution in [3.8, 4) is 0 Å². The normalized spacial score (nSPS) is 19.5. The van der Waals surface area contributed by atoms with Gasteiger partial charge in [0, 0.05) is 44.2 Å². The van der Waals surface area contributed by atoms with Crippen LogP contribution in [-0.4, -0.2) is 91.2 Å². The largest absolute Gasteiger partial charge is 0.379 e. The average Bonchev–Trinajstić information content (AvgIpc) is 3.91. The van der Waals surface area contributed by atoms with Gasteiger partial charge in [-0.15, -0.1) is 0 Å². The standard InChI is InChI=1S/C44H63N3O7/c1-31(2)25-38(45-42(51)35(19-18-33-13-8-6-9-14-33)28-37(48)17-12-20-47-21-23-53-24-22-47)40(49)29-36(27-34-15-10-7-11-16-34)43(52)46-39(26-32(3)4)41(50)44(5)30-54-44/h6-11,13-16,31-32,35-36,38-39H,12,17-30H2,1-5H3,(H,45,51)(H,46,52)/t35-,36-,38+,39+,44-/m1/s1. The number of epoxide rings is 1. The molecule has 2 heterocycles. The summed E-state index contributed by atoms with van der Waals surface area (Å²) in [4.78, 5) is 71.4. The Balaban J connectivity index is 1.48. The zero-order valence-electron chi connectivity index (χ0n) is 33.1. The molecule has 2 aliphatic heterocycles. The number of nitrogens with one attached hydrogen (secondary N) is 2. The van der Waals surface area contributed by atoms with Gasteiger partial charge in [-0.3, -0.25) is 28.9 Å². The van der Waals surface area contributed by atoms with E-state index in [1.165, 1.54) is 0 Å². The molecular formula is C44H63N3O7. The van der Waals surface area contributed by atoms with Crippen LogP contribution in [0.15, 0.2) is 60.7 Å². The number of ether oxygens (including phenoxy) is 2. The number of carbonyl (C=O) groups is 5. The van der Waals surface area contributed by atoms with E-state index in [-0.39, 0.29) is 53.8 Å². The predicted octanol–water partition coefficient (Wildman–Crippen LogP) is 5.54. The molecule has 10 heteroatoms. The Morgan fingerprint density at radius 3 is 1.91 bits per heavy atom. The zero-order chi connectivity index (χ0) is 39.1. The number of Topliss-reactive ketones (excluding diaryl/α,β-unsaturated/α-hetero) is 3. The Hall–Kier alpha value is -3.73. The van der Waals surface area contributed by atoms with Gasteiger partial charge in [-0.25, -0.2) is 0 Å². The van der Waals surface area contributed by atoms with E-state index >= 15 is 0 Å². The predicted molar refractivity (Wildman–Crippen MR) is 210 cm³/mol. The zero-order valence-corrected chi connectivity index (χ0v) is 33.1. The fourth-order valence-corrected chi connectivity index (χ4v) is 7.20. The maximum atomic E-state index is 14.2. The van der Waals surface area contributed by atoms with E-state index in [1.807, 2.05) is 88.4 Å². The fourth-order valence-electron chi connectivity index (χ4n) is 7.20. The van der Waals surface area contributed by atoms with Crippen LogP contribution in [0.2, 0.25) is 0 Å². The number of morpholine rings is 1. The molecule has 0 spiro atoms. The second-order valence-corrected chi connectivity index (χ2v) is 16.3. The van der Waals surface area contributed by atoms with Crippen LogP contribution in [0.4, 0.5) is 0 Å². The summed E-state index contributed by atoms with van der Waals surface area (Å²) in [5, 5.41) is 6.05. The summed E-state index contributed by atoms with van der Waals surface area (Å²) in [5.41, 5.74) is 1.08. The molecule has 0 radical (unpaired) electrons. The third kappa shape index (κ3) is 14.5. The Kier molecular flexibility index (Phi) is 17.0. The molecule has 0 aliphatic carbocycles. The summed E-state index contributed by atoms with van der Waals surface area (Å²) in [5.74, 6) is -2.16. The maximum absolute atomic E-state index is 14.2. The quantitative estimate of drug-likeness (QED) is 0.134. The molecule has 0 aromatic heterocycles. The molecular weight excluding hydrogens is 682 g/mol. The summed E-state index contributed by atoms with van der Waals surface area (Å²) in [6.07, 6.45) is 3.37. The van der Waals surface area contributed by atoms with E-state index in [0.717, 1.165) is 37.2 Å². The number of aryl methyl sites for hydroxylation is 1. The molecule has 2 N–H and O–H groups in total. The Morgan fingerprint density at radius 1 is 0.759 bits per heavy atom. The molecule has 2 aromatic carbocycles. The highest BCUT2D eigenvalue weighted by molar-refractivity contribution is 5.98. The molecule has 2 fully saturated rings. The van der Waals surface area contributed by atoms with Gasteiger partial charge in [0.15, 0.2) is 11.6 Å². The van der Waals surface area contributed by atoms with Gasteiger partial charge in [-0.1, -0.05) is 88.4 Å². The molecule has 296 valence electrons. The summed E-state index contributed by atoms with van der Waals surface area (Å²) in [6, 6.07) is 17.9. The van der Waals surface area contributed by atoms with Crippen LogP contribution in [-0.2, 0) is 46.3 Å². The number of nitrogens with zero attached hydrogens (tertiary/aromatic N) is 1. The molecule has 2 amide bonds. The number of carbonyl (C=O) groups excluding carboxylic acids is 5. The average molecular weight is 746 g/mol. The number of hydrogen-bond donors (Lipinski definition) is 2. The van der Waals surface area contributed by atoms with Gasteiger partial charge >= 0.3 is 0 Å². The Bertz CT molecular complexity index is 1500. The molecule has 2 aliphatic rings. The van der Waals surface area contributed by atoms with Crippen LogP contribution in [0.3, 0.4) is 0 Å². The third-order valence-electron chi connectivity index (χ3n) is 10.5. The molecule has 10 nitrogen and oxygen atoms in total. The number of ketones is 3. The van der Waals surface area contributed by atoms with E-state index < -0.39 is 29.5 Å². The molecule has 54 heavy (non-hydrogen) atoms. The Morgan fingerprint density at radius 2 is 1.31 bits per heavy atom. The second-order valence-electron chi connectivity index (χ2n) is 16.3. The molecule has 2 saturated heterocycles. The van der Waals surface area contributed by atoms with Crippen molar-refractivity contribution in [3.63, 3.8) is 0 Å². The topological polar surface area (TPSA) is 134 Å². The number of hydrogen-bond acceptors (Lipinski definition) is 8. The van der Waals surface area contributed by atoms with Crippen molar-refractivity contribution in [2.45, 2.75) is 110 Å². The smallest absolute Gasteiger partial charge is 0.224 e. The van der Waals surface area contributed by atoms with Crippen LogP contribution in [0.25, 0.3) is 0 Å². The summed E-state index contributed by atoms with van der Waals surface area (Å²) >= 11 is 0. The van der Waals surface area contributed by atoms with Crippen molar-refractivity contribution in [1.29, 1.82) is 0 Å². The van der Waals surface area contributed by atoms with Crippen molar-refractivity contribution in [1.82, 2.24) is 15.5 Å². The van der Waals surface area contributed by atoms with Gasteiger partial charge in [-0.2, -0.15) is 0 Å². The molecule has 0 bridgehead atoms. The van der Waals surface area contributed by atoms with Crippen molar-refractivity contribution in [2.75, 3.05) is 39.5 Å². The minimum absolute atomic E-state index is 0.0405. The van der Waals surface area contributed by atoms with Gasteiger partial charge in [0.05, 0.1) is 31.9 Å². The highest BCUT2D eigenvalue weighted by atomic mass is 16.6. The van der Waals surface area contributed by atoms with E-state index in [9.17, 15) is 24.0 Å². The first kappa shape index (κ1) is 43.0. The van der Waals surface area contributed by atoms with Gasteiger partial charge < -0.3 is 20.1 Å². The van der Waals surface area contributed by atoms with E-state index in [1.54, 1.807) is 6.92 Å². The van der Waals surface area contributed by atoms with E-state index in [4.69, 9.17) is 9.47 Å². The summed E-state index contributed by atoms with van der Waals surface area (Å²) in [7, 11) is 0. The fraction of sp³-hybridized carbons (Fsp3) is 0.614. The van der Waals surface area contributed by atoms with Crippen molar-refractivity contribution >= 4 is 29.2 Å². The number of benzene rings is 2. The lowest BCUT2D eigenvalue weighted by molar-refractivity contribution is -0.135. The minimum Gasteiger partial charge on any atom is -0.379 e. The molecule has 4 rings (SSSR count). The monoisotopic (exact) mass is 745 g/mol. The lowest BCUT2D eigenvalue weighted by Crippen LogP contribution is -2.50. The lowest BCUT2D eigenvalue weighted by Gasteiger charge is -2.27. The molecule has 0 saturated carbocycles. The van der Waals surface area contributed by atoms with E-state index in [2.05, 4.69) is 15.5 Å². The van der Waals surface area contributed by atoms with Crippen molar-refractivity contribution in [3.05, 3.63) is 71.8 Å². The summed E-state index contributed by atoms with van der Waals surface area (Å²) in [6.45, 7) is 14.0. The Labute approximate surface area is 322 Å². The molecule has 2 aromatic rings. The first-order valence-electron chi connectivity index (χ1n) is 20.0. The molecule has 0 unspecified atom stereocenters. The highest BCUT2D eigenvalue weighted by Gasteiger charge is 2.50. The van der Waals surface area contributed by atoms with Crippen LogP contribution >= 0.6 is 0 Å². The number of rotatable bonds is 24. The van der Waals surface area contributed by atoms with Crippen LogP contribution in [0.1, 0.15) is 90.7 Å². The number of amides is 2. The van der Waals surface area contributed by atoms with E-state index in [0.29, 0.717) is 58.3 Å². The molecule has 5 atom stereocenters. The van der Waals surface area contributed by atoms with Gasteiger partial charge in [0.1, 0.15) is 11.4 Å². The first-order valence-corrected chi connectivity index (χ1v) is 20.0. The lowest BCUT2D eigenvalue weighted by atomic mass is 9.87. The highest BCUT2D eigenvalue weighted by Crippen LogP contribution is 2.30. The van der Waals surface area contributed by atoms with Gasteiger partial charge in [0.2, 0.25) is 11.8 Å². The first-order chi connectivity index (χ1) is 25.8. The van der Waals surface area contributed by atoms with Crippen LogP contribution in [0, 0.1) is 23.7 Å².